The number of carboxylic acids is 1. The lowest BCUT2D eigenvalue weighted by Gasteiger charge is -2.35. The molecule has 0 saturated carbocycles. The third kappa shape index (κ3) is 2.87. The number of piperidine rings is 1. The monoisotopic (exact) mass is 211 g/mol. The molecule has 0 bridgehead atoms. The summed E-state index contributed by atoms with van der Waals surface area (Å²) in [6.07, 6.45) is -3.15. The van der Waals surface area contributed by atoms with Crippen LogP contribution in [0.3, 0.4) is 0 Å². The predicted octanol–water partition coefficient (Wildman–Crippen LogP) is 1.49. The van der Waals surface area contributed by atoms with E-state index >= 15 is 0 Å². The van der Waals surface area contributed by atoms with Gasteiger partial charge in [0, 0.05) is 0 Å². The minimum atomic E-state index is -4.31. The van der Waals surface area contributed by atoms with E-state index < -0.39 is 24.7 Å². The molecule has 1 aliphatic rings. The standard InChI is InChI=1S/C8H12F3NO2/c9-8(10,11)6-3-1-2-4-12(6)5-7(13)14/h6H,1-5H2,(H,13,14). The fraction of sp³-hybridized carbons (Fsp3) is 0.875. The van der Waals surface area contributed by atoms with Gasteiger partial charge in [0.15, 0.2) is 0 Å². The van der Waals surface area contributed by atoms with Crippen molar-refractivity contribution in [1.29, 1.82) is 0 Å². The van der Waals surface area contributed by atoms with Crippen molar-refractivity contribution in [3.63, 3.8) is 0 Å². The van der Waals surface area contributed by atoms with Gasteiger partial charge in [-0.3, -0.25) is 9.69 Å². The Balaban J connectivity index is 2.64. The molecule has 6 heteroatoms. The van der Waals surface area contributed by atoms with Crippen LogP contribution >= 0.6 is 0 Å². The van der Waals surface area contributed by atoms with Gasteiger partial charge in [0.1, 0.15) is 6.04 Å². The molecule has 0 radical (unpaired) electrons. The van der Waals surface area contributed by atoms with Gasteiger partial charge in [-0.25, -0.2) is 0 Å². The number of carbonyl (C=O) groups is 1. The highest BCUT2D eigenvalue weighted by atomic mass is 19.4. The largest absolute Gasteiger partial charge is 0.480 e. The van der Waals surface area contributed by atoms with Gasteiger partial charge >= 0.3 is 12.1 Å². The fourth-order valence-electron chi connectivity index (χ4n) is 1.72. The highest BCUT2D eigenvalue weighted by Crippen LogP contribution is 2.31. The Hall–Kier alpha value is -0.780. The van der Waals surface area contributed by atoms with Crippen molar-refractivity contribution in [2.45, 2.75) is 31.5 Å². The Morgan fingerprint density at radius 2 is 2.07 bits per heavy atom. The molecule has 1 atom stereocenters. The highest BCUT2D eigenvalue weighted by Gasteiger charge is 2.44. The van der Waals surface area contributed by atoms with Crippen molar-refractivity contribution in [3.8, 4) is 0 Å². The molecule has 1 aliphatic heterocycles. The molecule has 0 aliphatic carbocycles. The second-order valence-corrected chi connectivity index (χ2v) is 3.42. The number of hydrogen-bond acceptors (Lipinski definition) is 2. The van der Waals surface area contributed by atoms with E-state index in [0.717, 1.165) is 4.90 Å². The lowest BCUT2D eigenvalue weighted by atomic mass is 10.0. The number of alkyl halides is 3. The summed E-state index contributed by atoms with van der Waals surface area (Å²) in [6, 6.07) is -1.58. The Kier molecular flexibility index (Phi) is 3.36. The van der Waals surface area contributed by atoms with Gasteiger partial charge in [0.25, 0.3) is 0 Å². The summed E-state index contributed by atoms with van der Waals surface area (Å²) in [5.41, 5.74) is 0. The average molecular weight is 211 g/mol. The van der Waals surface area contributed by atoms with Gasteiger partial charge in [0.2, 0.25) is 0 Å². The molecule has 0 aromatic heterocycles. The molecule has 0 aromatic carbocycles. The van der Waals surface area contributed by atoms with Crippen LogP contribution < -0.4 is 0 Å². The van der Waals surface area contributed by atoms with E-state index in [0.29, 0.717) is 12.8 Å². The molecular formula is C8H12F3NO2. The quantitative estimate of drug-likeness (QED) is 0.752. The third-order valence-corrected chi connectivity index (χ3v) is 2.33. The predicted molar refractivity (Wildman–Crippen MR) is 42.9 cm³/mol. The van der Waals surface area contributed by atoms with E-state index in [1.807, 2.05) is 0 Å². The first kappa shape index (κ1) is 11.3. The van der Waals surface area contributed by atoms with Crippen LogP contribution in [0.25, 0.3) is 0 Å². The van der Waals surface area contributed by atoms with E-state index in [1.165, 1.54) is 0 Å². The molecule has 82 valence electrons. The van der Waals surface area contributed by atoms with Crippen LogP contribution in [0.2, 0.25) is 0 Å². The number of aliphatic carboxylic acids is 1. The summed E-state index contributed by atoms with van der Waals surface area (Å²) in [4.78, 5) is 11.3. The number of likely N-dealkylation sites (tertiary alicyclic amines) is 1. The first-order chi connectivity index (χ1) is 6.41. The van der Waals surface area contributed by atoms with E-state index in [-0.39, 0.29) is 13.0 Å². The van der Waals surface area contributed by atoms with Crippen molar-refractivity contribution in [2.24, 2.45) is 0 Å². The van der Waals surface area contributed by atoms with Gasteiger partial charge in [-0.15, -0.1) is 0 Å². The Morgan fingerprint density at radius 1 is 1.43 bits per heavy atom. The minimum absolute atomic E-state index is 0.0107. The third-order valence-electron chi connectivity index (χ3n) is 2.33. The van der Waals surface area contributed by atoms with Crippen LogP contribution in [-0.2, 0) is 4.79 Å². The molecule has 1 saturated heterocycles. The number of nitrogens with zero attached hydrogens (tertiary/aromatic N) is 1. The first-order valence-corrected chi connectivity index (χ1v) is 4.44. The van der Waals surface area contributed by atoms with Gasteiger partial charge in [-0.05, 0) is 19.4 Å². The molecular weight excluding hydrogens is 199 g/mol. The average Bonchev–Trinajstić information content (AvgIpc) is 2.01. The Labute approximate surface area is 79.5 Å². The van der Waals surface area contributed by atoms with Crippen molar-refractivity contribution in [1.82, 2.24) is 4.90 Å². The molecule has 3 nitrogen and oxygen atoms in total. The van der Waals surface area contributed by atoms with Gasteiger partial charge < -0.3 is 5.11 Å². The van der Waals surface area contributed by atoms with Crippen LogP contribution in [-0.4, -0.2) is 41.3 Å². The molecule has 0 spiro atoms. The summed E-state index contributed by atoms with van der Waals surface area (Å²) < 4.78 is 37.2. The van der Waals surface area contributed by atoms with Crippen molar-refractivity contribution >= 4 is 5.97 Å². The van der Waals surface area contributed by atoms with Gasteiger partial charge in [-0.2, -0.15) is 13.2 Å². The summed E-state index contributed by atoms with van der Waals surface area (Å²) in [5.74, 6) is -1.21. The zero-order valence-corrected chi connectivity index (χ0v) is 7.55. The van der Waals surface area contributed by atoms with Crippen LogP contribution in [0.4, 0.5) is 13.2 Å². The fourth-order valence-corrected chi connectivity index (χ4v) is 1.72. The summed E-state index contributed by atoms with van der Waals surface area (Å²) in [6.45, 7) is -0.305. The number of carboxylic acid groups (broad SMARTS) is 1. The van der Waals surface area contributed by atoms with Crippen molar-refractivity contribution < 1.29 is 23.1 Å². The van der Waals surface area contributed by atoms with Crippen LogP contribution in [0.5, 0.6) is 0 Å². The Morgan fingerprint density at radius 3 is 2.57 bits per heavy atom. The van der Waals surface area contributed by atoms with Crippen LogP contribution in [0.15, 0.2) is 0 Å². The molecule has 1 rings (SSSR count). The van der Waals surface area contributed by atoms with Crippen LogP contribution in [0, 0.1) is 0 Å². The SMILES string of the molecule is O=C(O)CN1CCCCC1C(F)(F)F. The summed E-state index contributed by atoms with van der Waals surface area (Å²) >= 11 is 0. The molecule has 1 N–H and O–H groups in total. The molecule has 1 unspecified atom stereocenters. The lowest BCUT2D eigenvalue weighted by molar-refractivity contribution is -0.192. The van der Waals surface area contributed by atoms with Crippen LogP contribution in [0.1, 0.15) is 19.3 Å². The topological polar surface area (TPSA) is 40.5 Å². The van der Waals surface area contributed by atoms with E-state index in [2.05, 4.69) is 0 Å². The van der Waals surface area contributed by atoms with E-state index in [4.69, 9.17) is 5.11 Å². The van der Waals surface area contributed by atoms with Gasteiger partial charge in [0.05, 0.1) is 6.54 Å². The number of halogens is 3. The second-order valence-electron chi connectivity index (χ2n) is 3.42. The molecule has 1 fully saturated rings. The maximum atomic E-state index is 12.4. The zero-order valence-electron chi connectivity index (χ0n) is 7.55. The van der Waals surface area contributed by atoms with Crippen molar-refractivity contribution in [2.75, 3.05) is 13.1 Å². The smallest absolute Gasteiger partial charge is 0.404 e. The van der Waals surface area contributed by atoms with E-state index in [1.54, 1.807) is 0 Å². The normalized spacial score (nSPS) is 24.9. The maximum absolute atomic E-state index is 12.4. The first-order valence-electron chi connectivity index (χ1n) is 4.44. The second kappa shape index (κ2) is 4.16. The lowest BCUT2D eigenvalue weighted by Crippen LogP contribution is -2.50. The molecule has 0 amide bonds. The van der Waals surface area contributed by atoms with E-state index in [9.17, 15) is 18.0 Å². The zero-order chi connectivity index (χ0) is 10.8. The Bertz CT molecular complexity index is 217. The highest BCUT2D eigenvalue weighted by molar-refractivity contribution is 5.69. The number of hydrogen-bond donors (Lipinski definition) is 1. The summed E-state index contributed by atoms with van der Waals surface area (Å²) in [5, 5.41) is 8.44. The maximum Gasteiger partial charge on any atom is 0.404 e. The molecule has 1 heterocycles. The molecule has 0 aromatic rings. The summed E-state index contributed by atoms with van der Waals surface area (Å²) in [7, 11) is 0. The van der Waals surface area contributed by atoms with Crippen molar-refractivity contribution in [3.05, 3.63) is 0 Å². The number of rotatable bonds is 2. The van der Waals surface area contributed by atoms with Gasteiger partial charge in [-0.1, -0.05) is 6.42 Å². The minimum Gasteiger partial charge on any atom is -0.480 e. The molecule has 14 heavy (non-hydrogen) atoms.